The van der Waals surface area contributed by atoms with E-state index in [-0.39, 0.29) is 0 Å². The van der Waals surface area contributed by atoms with Crippen molar-refractivity contribution in [2.75, 3.05) is 5.32 Å². The van der Waals surface area contributed by atoms with E-state index in [1.165, 1.54) is 4.68 Å². The van der Waals surface area contributed by atoms with E-state index in [0.29, 0.717) is 18.8 Å². The van der Waals surface area contributed by atoms with Gasteiger partial charge in [-0.1, -0.05) is 36.1 Å². The summed E-state index contributed by atoms with van der Waals surface area (Å²) < 4.78 is 1.52. The molecule has 0 spiro atoms. The van der Waals surface area contributed by atoms with Crippen LogP contribution in [0.1, 0.15) is 25.7 Å². The van der Waals surface area contributed by atoms with Gasteiger partial charge in [-0.3, -0.25) is 0 Å². The Morgan fingerprint density at radius 3 is 2.60 bits per heavy atom. The monoisotopic (exact) mass is 273 g/mol. The number of nitrogens with zero attached hydrogens (tertiary/aromatic N) is 4. The third-order valence-electron chi connectivity index (χ3n) is 3.69. The molecule has 3 rings (SSSR count). The summed E-state index contributed by atoms with van der Waals surface area (Å²) in [6.07, 6.45) is 2.96. The topological polar surface area (TPSA) is 92.9 Å². The van der Waals surface area contributed by atoms with Gasteiger partial charge in [-0.15, -0.1) is 0 Å². The molecule has 20 heavy (non-hydrogen) atoms. The predicted molar refractivity (Wildman–Crippen MR) is 71.6 cm³/mol. The third kappa shape index (κ3) is 2.11. The largest absolute Gasteiger partial charge is 0.480 e. The van der Waals surface area contributed by atoms with Crippen LogP contribution in [0.15, 0.2) is 30.3 Å². The average Bonchev–Trinajstić information content (AvgIpc) is 3.10. The highest BCUT2D eigenvalue weighted by atomic mass is 16.4. The number of aromatic nitrogens is 4. The van der Waals surface area contributed by atoms with Gasteiger partial charge in [-0.2, -0.15) is 4.68 Å². The van der Waals surface area contributed by atoms with Gasteiger partial charge in [0.2, 0.25) is 5.95 Å². The van der Waals surface area contributed by atoms with Crippen LogP contribution < -0.4 is 5.32 Å². The molecule has 1 aromatic carbocycles. The van der Waals surface area contributed by atoms with E-state index in [1.54, 1.807) is 0 Å². The summed E-state index contributed by atoms with van der Waals surface area (Å²) in [7, 11) is 0. The average molecular weight is 273 g/mol. The zero-order valence-corrected chi connectivity index (χ0v) is 10.9. The van der Waals surface area contributed by atoms with Crippen molar-refractivity contribution in [3.05, 3.63) is 30.3 Å². The van der Waals surface area contributed by atoms with Crippen LogP contribution in [0.4, 0.5) is 5.95 Å². The van der Waals surface area contributed by atoms with E-state index in [9.17, 15) is 9.90 Å². The minimum Gasteiger partial charge on any atom is -0.480 e. The number of benzene rings is 1. The molecule has 1 aromatic heterocycles. The lowest BCUT2D eigenvalue weighted by atomic mass is 9.98. The molecule has 1 saturated carbocycles. The highest BCUT2D eigenvalue weighted by molar-refractivity contribution is 5.82. The summed E-state index contributed by atoms with van der Waals surface area (Å²) in [6, 6.07) is 9.39. The summed E-state index contributed by atoms with van der Waals surface area (Å²) in [5, 5.41) is 24.0. The SMILES string of the molecule is O=C(O)C1(Nc2nnnn2-c2ccccc2)CCCC1. The smallest absolute Gasteiger partial charge is 0.329 e. The number of tetrazole rings is 1. The number of anilines is 1. The maximum atomic E-state index is 11.6. The third-order valence-corrected chi connectivity index (χ3v) is 3.69. The highest BCUT2D eigenvalue weighted by Gasteiger charge is 2.42. The Balaban J connectivity index is 1.93. The Morgan fingerprint density at radius 2 is 1.95 bits per heavy atom. The number of carboxylic acids is 1. The highest BCUT2D eigenvalue weighted by Crippen LogP contribution is 2.33. The summed E-state index contributed by atoms with van der Waals surface area (Å²) in [4.78, 5) is 11.6. The van der Waals surface area contributed by atoms with Crippen LogP contribution in [0.25, 0.3) is 5.69 Å². The number of aliphatic carboxylic acids is 1. The number of hydrogen-bond acceptors (Lipinski definition) is 5. The molecule has 1 heterocycles. The summed E-state index contributed by atoms with van der Waals surface area (Å²) in [5.41, 5.74) is -0.167. The minimum atomic E-state index is -0.957. The fourth-order valence-electron chi connectivity index (χ4n) is 2.59. The minimum absolute atomic E-state index is 0.362. The van der Waals surface area contributed by atoms with Gasteiger partial charge >= 0.3 is 5.97 Å². The van der Waals surface area contributed by atoms with Gasteiger partial charge in [-0.05, 0) is 35.4 Å². The molecule has 0 saturated heterocycles. The second kappa shape index (κ2) is 4.92. The van der Waals surface area contributed by atoms with Gasteiger partial charge in [0.15, 0.2) is 0 Å². The Hall–Kier alpha value is -2.44. The molecule has 0 aliphatic heterocycles. The first kappa shape index (κ1) is 12.6. The van der Waals surface area contributed by atoms with Gasteiger partial charge < -0.3 is 10.4 Å². The van der Waals surface area contributed by atoms with Crippen LogP contribution in [0.2, 0.25) is 0 Å². The summed E-state index contributed by atoms with van der Waals surface area (Å²) in [5.74, 6) is -0.488. The molecule has 0 radical (unpaired) electrons. The van der Waals surface area contributed by atoms with Crippen molar-refractivity contribution >= 4 is 11.9 Å². The maximum absolute atomic E-state index is 11.6. The Kier molecular flexibility index (Phi) is 3.09. The standard InChI is InChI=1S/C13H15N5O2/c19-11(20)13(8-4-5-9-13)14-12-15-16-17-18(12)10-6-2-1-3-7-10/h1-3,6-7H,4-5,8-9H2,(H,19,20)(H,14,15,17). The number of carboxylic acid groups (broad SMARTS) is 1. The summed E-state index contributed by atoms with van der Waals surface area (Å²) in [6.45, 7) is 0. The van der Waals surface area contributed by atoms with E-state index in [2.05, 4.69) is 20.8 Å². The van der Waals surface area contributed by atoms with Gasteiger partial charge in [-0.25, -0.2) is 4.79 Å². The normalized spacial score (nSPS) is 17.0. The second-order valence-corrected chi connectivity index (χ2v) is 4.97. The first-order chi connectivity index (χ1) is 9.71. The van der Waals surface area contributed by atoms with E-state index < -0.39 is 11.5 Å². The van der Waals surface area contributed by atoms with Crippen molar-refractivity contribution in [3.8, 4) is 5.69 Å². The zero-order valence-electron chi connectivity index (χ0n) is 10.9. The molecule has 0 amide bonds. The second-order valence-electron chi connectivity index (χ2n) is 4.97. The molecule has 0 bridgehead atoms. The predicted octanol–water partition coefficient (Wildman–Crippen LogP) is 1.47. The first-order valence-electron chi connectivity index (χ1n) is 6.57. The van der Waals surface area contributed by atoms with E-state index in [4.69, 9.17) is 0 Å². The lowest BCUT2D eigenvalue weighted by Crippen LogP contribution is -2.44. The molecule has 1 fully saturated rings. The Labute approximate surface area is 115 Å². The first-order valence-corrected chi connectivity index (χ1v) is 6.57. The van der Waals surface area contributed by atoms with Crippen molar-refractivity contribution in [3.63, 3.8) is 0 Å². The molecular formula is C13H15N5O2. The van der Waals surface area contributed by atoms with Crippen LogP contribution in [-0.2, 0) is 4.79 Å². The molecular weight excluding hydrogens is 258 g/mol. The fraction of sp³-hybridized carbons (Fsp3) is 0.385. The molecule has 0 unspecified atom stereocenters. The van der Waals surface area contributed by atoms with Crippen molar-refractivity contribution in [1.29, 1.82) is 0 Å². The van der Waals surface area contributed by atoms with Crippen molar-refractivity contribution in [2.24, 2.45) is 0 Å². The molecule has 2 aromatic rings. The lowest BCUT2D eigenvalue weighted by molar-refractivity contribution is -0.142. The van der Waals surface area contributed by atoms with Crippen LogP contribution in [0, 0.1) is 0 Å². The van der Waals surface area contributed by atoms with Crippen molar-refractivity contribution in [1.82, 2.24) is 20.2 Å². The van der Waals surface area contributed by atoms with Crippen LogP contribution >= 0.6 is 0 Å². The van der Waals surface area contributed by atoms with Gasteiger partial charge in [0.05, 0.1) is 5.69 Å². The van der Waals surface area contributed by atoms with Crippen LogP contribution in [-0.4, -0.2) is 36.8 Å². The van der Waals surface area contributed by atoms with Crippen LogP contribution in [0.5, 0.6) is 0 Å². The summed E-state index contributed by atoms with van der Waals surface area (Å²) >= 11 is 0. The van der Waals surface area contributed by atoms with Crippen LogP contribution in [0.3, 0.4) is 0 Å². The van der Waals surface area contributed by atoms with Gasteiger partial charge in [0, 0.05) is 0 Å². The van der Waals surface area contributed by atoms with Gasteiger partial charge in [0.1, 0.15) is 5.54 Å². The molecule has 1 aliphatic carbocycles. The molecule has 1 aliphatic rings. The number of rotatable bonds is 4. The van der Waals surface area contributed by atoms with E-state index >= 15 is 0 Å². The Bertz CT molecular complexity index is 604. The molecule has 7 heteroatoms. The molecule has 0 atom stereocenters. The maximum Gasteiger partial charge on any atom is 0.329 e. The fourth-order valence-corrected chi connectivity index (χ4v) is 2.59. The zero-order chi connectivity index (χ0) is 14.0. The molecule has 2 N–H and O–H groups in total. The molecule has 7 nitrogen and oxygen atoms in total. The lowest BCUT2D eigenvalue weighted by Gasteiger charge is -2.25. The van der Waals surface area contributed by atoms with E-state index in [1.807, 2.05) is 30.3 Å². The number of hydrogen-bond donors (Lipinski definition) is 2. The number of carbonyl (C=O) groups is 1. The molecule has 104 valence electrons. The quantitative estimate of drug-likeness (QED) is 0.876. The number of nitrogens with one attached hydrogen (secondary N) is 1. The van der Waals surface area contributed by atoms with E-state index in [0.717, 1.165) is 18.5 Å². The Morgan fingerprint density at radius 1 is 1.25 bits per heavy atom. The number of para-hydroxylation sites is 1. The van der Waals surface area contributed by atoms with Crippen molar-refractivity contribution < 1.29 is 9.90 Å². The van der Waals surface area contributed by atoms with Crippen molar-refractivity contribution in [2.45, 2.75) is 31.2 Å². The van der Waals surface area contributed by atoms with Gasteiger partial charge in [0.25, 0.3) is 0 Å².